The lowest BCUT2D eigenvalue weighted by Crippen LogP contribution is -2.61. The van der Waals surface area contributed by atoms with Crippen molar-refractivity contribution in [3.05, 3.63) is 0 Å². The van der Waals surface area contributed by atoms with Crippen LogP contribution in [0.4, 0.5) is 5.13 Å². The van der Waals surface area contributed by atoms with Crippen molar-refractivity contribution >= 4 is 52.1 Å². The predicted octanol–water partition coefficient (Wildman–Crippen LogP) is 0.295. The number of esters is 4. The summed E-state index contributed by atoms with van der Waals surface area (Å²) in [5.74, 6) is -2.67. The highest BCUT2D eigenvalue weighted by atomic mass is 32.2. The molecule has 1 unspecified atom stereocenters. The second-order valence-electron chi connectivity index (χ2n) is 6.09. The van der Waals surface area contributed by atoms with Crippen molar-refractivity contribution in [1.82, 2.24) is 10.2 Å². The van der Waals surface area contributed by atoms with E-state index in [9.17, 15) is 19.2 Å². The van der Waals surface area contributed by atoms with E-state index in [0.29, 0.717) is 4.34 Å². The van der Waals surface area contributed by atoms with Gasteiger partial charge in [-0.3, -0.25) is 19.2 Å². The summed E-state index contributed by atoms with van der Waals surface area (Å²) in [6, 6.07) is 0. The molecule has 0 radical (unpaired) electrons. The predicted molar refractivity (Wildman–Crippen MR) is 102 cm³/mol. The third kappa shape index (κ3) is 6.81. The third-order valence-electron chi connectivity index (χ3n) is 3.59. The zero-order chi connectivity index (χ0) is 22.4. The van der Waals surface area contributed by atoms with Crippen LogP contribution in [0.15, 0.2) is 4.34 Å². The molecule has 0 saturated carbocycles. The second kappa shape index (κ2) is 10.5. The first-order valence-electron chi connectivity index (χ1n) is 8.63. The first-order valence-corrected chi connectivity index (χ1v) is 10.3. The Morgan fingerprint density at radius 3 is 2.00 bits per heavy atom. The number of aromatic nitrogens is 2. The van der Waals surface area contributed by atoms with Crippen molar-refractivity contribution in [2.75, 3.05) is 12.3 Å². The van der Waals surface area contributed by atoms with Crippen LogP contribution in [-0.4, -0.2) is 70.5 Å². The minimum absolute atomic E-state index is 0.211. The Kier molecular flexibility index (Phi) is 8.37. The Hall–Kier alpha value is -2.45. The molecule has 1 aromatic heterocycles. The van der Waals surface area contributed by atoms with E-state index in [1.54, 1.807) is 0 Å². The van der Waals surface area contributed by atoms with Crippen LogP contribution in [0.5, 0.6) is 0 Å². The van der Waals surface area contributed by atoms with E-state index < -0.39 is 53.7 Å². The van der Waals surface area contributed by atoms with Crippen LogP contribution in [0.3, 0.4) is 0 Å². The molecule has 0 amide bonds. The Balaban J connectivity index is 2.41. The van der Waals surface area contributed by atoms with Crippen LogP contribution in [0.1, 0.15) is 27.7 Å². The lowest BCUT2D eigenvalue weighted by Gasteiger charge is -2.43. The fraction of sp³-hybridized carbons (Fsp3) is 0.625. The smallest absolute Gasteiger partial charge is 0.303 e. The summed E-state index contributed by atoms with van der Waals surface area (Å²) in [7, 11) is 0. The molecular formula is C16H21N3O9S2. The fourth-order valence-corrected chi connectivity index (χ4v) is 4.56. The molecule has 1 aliphatic rings. The van der Waals surface area contributed by atoms with Gasteiger partial charge < -0.3 is 29.4 Å². The van der Waals surface area contributed by atoms with Crippen LogP contribution in [0.25, 0.3) is 0 Å². The van der Waals surface area contributed by atoms with E-state index in [1.165, 1.54) is 13.8 Å². The number of hydrogen-bond donors (Lipinski definition) is 1. The second-order valence-corrected chi connectivity index (χ2v) is 8.45. The van der Waals surface area contributed by atoms with E-state index in [1.807, 2.05) is 0 Å². The van der Waals surface area contributed by atoms with Crippen molar-refractivity contribution in [2.45, 2.75) is 61.9 Å². The zero-order valence-electron chi connectivity index (χ0n) is 16.6. The molecule has 0 bridgehead atoms. The number of anilines is 1. The van der Waals surface area contributed by atoms with Gasteiger partial charge >= 0.3 is 23.9 Å². The molecule has 5 atom stereocenters. The van der Waals surface area contributed by atoms with Crippen molar-refractivity contribution in [1.29, 1.82) is 0 Å². The van der Waals surface area contributed by atoms with Gasteiger partial charge in [0.2, 0.25) is 5.13 Å². The normalized spacial score (nSPS) is 25.8. The van der Waals surface area contributed by atoms with Gasteiger partial charge in [-0.05, 0) is 0 Å². The van der Waals surface area contributed by atoms with Crippen molar-refractivity contribution < 1.29 is 42.9 Å². The number of carbonyl (C=O) groups excluding carboxylic acids is 4. The number of nitrogens with two attached hydrogens (primary N) is 1. The third-order valence-corrected chi connectivity index (χ3v) is 5.57. The Labute approximate surface area is 179 Å². The van der Waals surface area contributed by atoms with Crippen LogP contribution >= 0.6 is 23.1 Å². The number of carbonyl (C=O) groups is 4. The number of nitrogen functional groups attached to an aromatic ring is 1. The summed E-state index contributed by atoms with van der Waals surface area (Å²) in [6.45, 7) is 4.37. The maximum Gasteiger partial charge on any atom is 0.303 e. The molecule has 1 aliphatic heterocycles. The summed E-state index contributed by atoms with van der Waals surface area (Å²) in [6.07, 6.45) is -4.62. The molecular weight excluding hydrogens is 442 g/mol. The van der Waals surface area contributed by atoms with Gasteiger partial charge in [-0.2, -0.15) is 0 Å². The van der Waals surface area contributed by atoms with Gasteiger partial charge in [0.15, 0.2) is 28.1 Å². The molecule has 0 aromatic carbocycles. The van der Waals surface area contributed by atoms with Gasteiger partial charge in [0.05, 0.1) is 0 Å². The molecule has 0 aliphatic carbocycles. The quantitative estimate of drug-likeness (QED) is 0.433. The van der Waals surface area contributed by atoms with E-state index >= 15 is 0 Å². The molecule has 166 valence electrons. The maximum atomic E-state index is 11.7. The van der Waals surface area contributed by atoms with Crippen LogP contribution in [-0.2, 0) is 42.9 Å². The fourth-order valence-electron chi connectivity index (χ4n) is 2.65. The first kappa shape index (κ1) is 23.8. The van der Waals surface area contributed by atoms with E-state index in [2.05, 4.69) is 10.2 Å². The Morgan fingerprint density at radius 1 is 0.933 bits per heavy atom. The van der Waals surface area contributed by atoms with Crippen molar-refractivity contribution in [3.8, 4) is 0 Å². The number of nitrogens with zero attached hydrogens (tertiary/aromatic N) is 2. The van der Waals surface area contributed by atoms with Gasteiger partial charge in [0, 0.05) is 27.7 Å². The first-order chi connectivity index (χ1) is 14.1. The van der Waals surface area contributed by atoms with E-state index in [-0.39, 0.29) is 11.7 Å². The number of ether oxygens (including phenoxy) is 5. The monoisotopic (exact) mass is 463 g/mol. The van der Waals surface area contributed by atoms with Gasteiger partial charge in [-0.1, -0.05) is 23.1 Å². The molecule has 12 nitrogen and oxygen atoms in total. The number of thioether (sulfide) groups is 1. The largest absolute Gasteiger partial charge is 0.463 e. The average molecular weight is 463 g/mol. The number of hydrogen-bond acceptors (Lipinski definition) is 14. The SMILES string of the molecule is CC(=O)OC[C@@H]1OC(Sc2nnc(N)s2)[C@@H](OC(C)=O)[C@H](OC(C)=O)[C@H]1OC(C)=O. The highest BCUT2D eigenvalue weighted by Gasteiger charge is 2.52. The van der Waals surface area contributed by atoms with Gasteiger partial charge in [-0.15, -0.1) is 10.2 Å². The van der Waals surface area contributed by atoms with Crippen LogP contribution in [0.2, 0.25) is 0 Å². The molecule has 1 fully saturated rings. The maximum absolute atomic E-state index is 11.7. The lowest BCUT2D eigenvalue weighted by molar-refractivity contribution is -0.237. The van der Waals surface area contributed by atoms with E-state index in [4.69, 9.17) is 29.4 Å². The molecule has 2 rings (SSSR count). The molecule has 0 spiro atoms. The summed E-state index contributed by atoms with van der Waals surface area (Å²) in [5, 5.41) is 7.80. The van der Waals surface area contributed by atoms with Crippen LogP contribution in [0, 0.1) is 0 Å². The summed E-state index contributed by atoms with van der Waals surface area (Å²) in [4.78, 5) is 46.4. The highest BCUT2D eigenvalue weighted by molar-refractivity contribution is 8.01. The Bertz CT molecular complexity index is 803. The van der Waals surface area contributed by atoms with Crippen molar-refractivity contribution in [3.63, 3.8) is 0 Å². The standard InChI is InChI=1S/C16H21N3O9S2/c1-6(20)24-5-10-11(25-7(2)21)12(26-8(3)22)13(27-9(4)23)14(28-10)29-16-19-18-15(17)30-16/h10-14H,5H2,1-4H3,(H2,17,18)/t10-,11-,12+,13-,14?/m0/s1. The summed E-state index contributed by atoms with van der Waals surface area (Å²) < 4.78 is 27.3. The average Bonchev–Trinajstić information content (AvgIpc) is 3.02. The minimum Gasteiger partial charge on any atom is -0.463 e. The van der Waals surface area contributed by atoms with Gasteiger partial charge in [0.25, 0.3) is 0 Å². The summed E-state index contributed by atoms with van der Waals surface area (Å²) in [5.41, 5.74) is 4.64. The molecule has 1 saturated heterocycles. The van der Waals surface area contributed by atoms with E-state index in [0.717, 1.165) is 36.9 Å². The zero-order valence-corrected chi connectivity index (χ0v) is 18.2. The van der Waals surface area contributed by atoms with Gasteiger partial charge in [-0.25, -0.2) is 0 Å². The Morgan fingerprint density at radius 2 is 1.50 bits per heavy atom. The molecule has 30 heavy (non-hydrogen) atoms. The molecule has 2 heterocycles. The van der Waals surface area contributed by atoms with Crippen LogP contribution < -0.4 is 5.73 Å². The summed E-state index contributed by atoms with van der Waals surface area (Å²) >= 11 is 2.09. The number of rotatable bonds is 7. The molecule has 1 aromatic rings. The van der Waals surface area contributed by atoms with Crippen molar-refractivity contribution in [2.24, 2.45) is 0 Å². The molecule has 2 N–H and O–H groups in total. The minimum atomic E-state index is -1.23. The lowest BCUT2D eigenvalue weighted by atomic mass is 9.99. The highest BCUT2D eigenvalue weighted by Crippen LogP contribution is 2.38. The van der Waals surface area contributed by atoms with Gasteiger partial charge in [0.1, 0.15) is 12.7 Å². The topological polar surface area (TPSA) is 166 Å². The molecule has 14 heteroatoms.